The van der Waals surface area contributed by atoms with Crippen LogP contribution in [0.25, 0.3) is 0 Å². The number of rotatable bonds is 4. The molecule has 2 amide bonds. The first-order valence-corrected chi connectivity index (χ1v) is 9.41. The molecule has 8 heteroatoms. The number of sulfone groups is 1. The first-order chi connectivity index (χ1) is 10.7. The van der Waals surface area contributed by atoms with E-state index in [0.717, 1.165) is 5.56 Å². The third kappa shape index (κ3) is 4.68. The van der Waals surface area contributed by atoms with Crippen molar-refractivity contribution in [1.29, 1.82) is 0 Å². The Balaban J connectivity index is 2.05. The van der Waals surface area contributed by atoms with Gasteiger partial charge in [-0.05, 0) is 37.1 Å². The number of carbonyl (C=O) groups is 2. The second-order valence-electron chi connectivity index (χ2n) is 5.71. The highest BCUT2D eigenvalue weighted by molar-refractivity contribution is 7.91. The van der Waals surface area contributed by atoms with Crippen LogP contribution in [0.4, 0.5) is 5.69 Å². The lowest BCUT2D eigenvalue weighted by Gasteiger charge is -2.26. The van der Waals surface area contributed by atoms with Gasteiger partial charge in [-0.1, -0.05) is 11.6 Å². The summed E-state index contributed by atoms with van der Waals surface area (Å²) < 4.78 is 23.1. The van der Waals surface area contributed by atoms with Gasteiger partial charge in [0.2, 0.25) is 11.8 Å². The Bertz CT molecular complexity index is 733. The molecular formula is C15H19ClN2O4S. The molecule has 1 aromatic carbocycles. The summed E-state index contributed by atoms with van der Waals surface area (Å²) in [5.41, 5.74) is 1.42. The maximum atomic E-state index is 12.2. The summed E-state index contributed by atoms with van der Waals surface area (Å²) in [6, 6.07) is 4.64. The number of hydrogen-bond donors (Lipinski definition) is 1. The van der Waals surface area contributed by atoms with E-state index < -0.39 is 15.9 Å². The molecule has 1 unspecified atom stereocenters. The molecule has 0 spiro atoms. The Morgan fingerprint density at radius 3 is 2.61 bits per heavy atom. The molecule has 0 bridgehead atoms. The van der Waals surface area contributed by atoms with E-state index >= 15 is 0 Å². The molecule has 1 heterocycles. The Kier molecular flexibility index (Phi) is 5.31. The quantitative estimate of drug-likeness (QED) is 0.886. The van der Waals surface area contributed by atoms with Gasteiger partial charge in [0.25, 0.3) is 0 Å². The molecule has 126 valence electrons. The molecule has 0 saturated carbocycles. The molecule has 6 nitrogen and oxygen atoms in total. The fraction of sp³-hybridized carbons (Fsp3) is 0.467. The molecule has 1 aromatic rings. The summed E-state index contributed by atoms with van der Waals surface area (Å²) in [7, 11) is -3.12. The Morgan fingerprint density at radius 1 is 1.39 bits per heavy atom. The number of aryl methyl sites for hydroxylation is 1. The molecule has 1 saturated heterocycles. The number of anilines is 1. The van der Waals surface area contributed by atoms with Crippen LogP contribution in [0.2, 0.25) is 5.02 Å². The lowest BCUT2D eigenvalue weighted by atomic mass is 10.2. The summed E-state index contributed by atoms with van der Waals surface area (Å²) in [6.45, 7) is 2.98. The third-order valence-electron chi connectivity index (χ3n) is 3.83. The predicted molar refractivity (Wildman–Crippen MR) is 89.3 cm³/mol. The minimum atomic E-state index is -3.12. The van der Waals surface area contributed by atoms with Gasteiger partial charge in [-0.15, -0.1) is 0 Å². The fourth-order valence-electron chi connectivity index (χ4n) is 2.63. The maximum absolute atomic E-state index is 12.2. The molecule has 1 N–H and O–H groups in total. The van der Waals surface area contributed by atoms with E-state index in [1.165, 1.54) is 11.8 Å². The number of hydrogen-bond acceptors (Lipinski definition) is 4. The number of halogens is 1. The summed E-state index contributed by atoms with van der Waals surface area (Å²) in [5, 5.41) is 3.30. The molecule has 0 aromatic heterocycles. The van der Waals surface area contributed by atoms with Crippen LogP contribution in [0.15, 0.2) is 18.2 Å². The fourth-order valence-corrected chi connectivity index (χ4v) is 4.59. The zero-order chi connectivity index (χ0) is 17.2. The van der Waals surface area contributed by atoms with E-state index in [4.69, 9.17) is 11.6 Å². The van der Waals surface area contributed by atoms with Gasteiger partial charge in [-0.3, -0.25) is 9.59 Å². The Hall–Kier alpha value is -1.60. The van der Waals surface area contributed by atoms with Gasteiger partial charge in [0.15, 0.2) is 9.84 Å². The van der Waals surface area contributed by atoms with Crippen molar-refractivity contribution in [2.24, 2.45) is 0 Å². The van der Waals surface area contributed by atoms with Crippen LogP contribution < -0.4 is 5.32 Å². The average Bonchev–Trinajstić information content (AvgIpc) is 2.79. The number of benzene rings is 1. The van der Waals surface area contributed by atoms with Gasteiger partial charge in [0.1, 0.15) is 6.54 Å². The molecule has 1 aliphatic rings. The Morgan fingerprint density at radius 2 is 2.09 bits per heavy atom. The SMILES string of the molecule is CC(=O)N(CC(=O)Nc1ccc(Cl)cc1C)C1CCS(=O)(=O)C1. The van der Waals surface area contributed by atoms with Crippen LogP contribution in [-0.2, 0) is 19.4 Å². The lowest BCUT2D eigenvalue weighted by molar-refractivity contribution is -0.134. The monoisotopic (exact) mass is 358 g/mol. The standard InChI is InChI=1S/C15H19ClN2O4S/c1-10-7-12(16)3-4-14(10)17-15(20)8-18(11(2)19)13-5-6-23(21,22)9-13/h3-4,7,13H,5-6,8-9H2,1-2H3,(H,17,20). The highest BCUT2D eigenvalue weighted by Gasteiger charge is 2.34. The third-order valence-corrected chi connectivity index (χ3v) is 5.82. The lowest BCUT2D eigenvalue weighted by Crippen LogP contribution is -2.44. The topological polar surface area (TPSA) is 83.6 Å². The van der Waals surface area contributed by atoms with Gasteiger partial charge in [0, 0.05) is 23.7 Å². The van der Waals surface area contributed by atoms with Crippen molar-refractivity contribution in [2.45, 2.75) is 26.3 Å². The summed E-state index contributed by atoms with van der Waals surface area (Å²) in [5.74, 6) is -0.705. The van der Waals surface area contributed by atoms with Crippen molar-refractivity contribution in [1.82, 2.24) is 4.90 Å². The normalized spacial score (nSPS) is 19.3. The zero-order valence-electron chi connectivity index (χ0n) is 13.0. The van der Waals surface area contributed by atoms with Crippen LogP contribution >= 0.6 is 11.6 Å². The molecular weight excluding hydrogens is 340 g/mol. The Labute approximate surface area is 140 Å². The molecule has 1 atom stereocenters. The van der Waals surface area contributed by atoms with E-state index in [1.54, 1.807) is 18.2 Å². The van der Waals surface area contributed by atoms with Gasteiger partial charge < -0.3 is 10.2 Å². The van der Waals surface area contributed by atoms with Crippen molar-refractivity contribution in [3.63, 3.8) is 0 Å². The minimum absolute atomic E-state index is 0.0549. The van der Waals surface area contributed by atoms with Gasteiger partial charge in [-0.25, -0.2) is 8.42 Å². The molecule has 0 radical (unpaired) electrons. The highest BCUT2D eigenvalue weighted by atomic mass is 35.5. The molecule has 1 fully saturated rings. The average molecular weight is 359 g/mol. The van der Waals surface area contributed by atoms with E-state index in [2.05, 4.69) is 5.32 Å². The van der Waals surface area contributed by atoms with E-state index in [-0.39, 0.29) is 29.9 Å². The first kappa shape index (κ1) is 17.7. The minimum Gasteiger partial charge on any atom is -0.330 e. The van der Waals surface area contributed by atoms with Crippen molar-refractivity contribution in [3.05, 3.63) is 28.8 Å². The summed E-state index contributed by atoms with van der Waals surface area (Å²) in [6.07, 6.45) is 0.370. The van der Waals surface area contributed by atoms with Crippen molar-refractivity contribution < 1.29 is 18.0 Å². The van der Waals surface area contributed by atoms with Gasteiger partial charge >= 0.3 is 0 Å². The van der Waals surface area contributed by atoms with E-state index in [1.807, 2.05) is 6.92 Å². The van der Waals surface area contributed by atoms with E-state index in [9.17, 15) is 18.0 Å². The second kappa shape index (κ2) is 6.88. The van der Waals surface area contributed by atoms with E-state index in [0.29, 0.717) is 17.1 Å². The van der Waals surface area contributed by atoms with Crippen molar-refractivity contribution >= 4 is 38.9 Å². The van der Waals surface area contributed by atoms with Crippen LogP contribution in [0.5, 0.6) is 0 Å². The molecule has 2 rings (SSSR count). The molecule has 1 aliphatic heterocycles. The zero-order valence-corrected chi connectivity index (χ0v) is 14.6. The van der Waals surface area contributed by atoms with Gasteiger partial charge in [-0.2, -0.15) is 0 Å². The maximum Gasteiger partial charge on any atom is 0.244 e. The molecule has 23 heavy (non-hydrogen) atoms. The molecule has 0 aliphatic carbocycles. The van der Waals surface area contributed by atoms with Crippen LogP contribution in [0.3, 0.4) is 0 Å². The van der Waals surface area contributed by atoms with Crippen molar-refractivity contribution in [2.75, 3.05) is 23.4 Å². The number of nitrogens with zero attached hydrogens (tertiary/aromatic N) is 1. The number of nitrogens with one attached hydrogen (secondary N) is 1. The smallest absolute Gasteiger partial charge is 0.244 e. The number of amides is 2. The number of carbonyl (C=O) groups excluding carboxylic acids is 2. The van der Waals surface area contributed by atoms with Gasteiger partial charge in [0.05, 0.1) is 11.5 Å². The second-order valence-corrected chi connectivity index (χ2v) is 8.38. The van der Waals surface area contributed by atoms with Crippen molar-refractivity contribution in [3.8, 4) is 0 Å². The summed E-state index contributed by atoms with van der Waals surface area (Å²) in [4.78, 5) is 25.3. The largest absolute Gasteiger partial charge is 0.330 e. The predicted octanol–water partition coefficient (Wildman–Crippen LogP) is 1.62. The first-order valence-electron chi connectivity index (χ1n) is 7.21. The summed E-state index contributed by atoms with van der Waals surface area (Å²) >= 11 is 5.87. The van der Waals surface area contributed by atoms with Crippen LogP contribution in [0, 0.1) is 6.92 Å². The highest BCUT2D eigenvalue weighted by Crippen LogP contribution is 2.21. The van der Waals surface area contributed by atoms with Crippen LogP contribution in [0.1, 0.15) is 18.9 Å². The van der Waals surface area contributed by atoms with Crippen LogP contribution in [-0.4, -0.2) is 49.2 Å².